The summed E-state index contributed by atoms with van der Waals surface area (Å²) < 4.78 is -1.05. The number of thioether (sulfide) groups is 2. The van der Waals surface area contributed by atoms with Crippen LogP contribution in [0.5, 0.6) is 0 Å². The fourth-order valence-corrected chi connectivity index (χ4v) is 5.24. The molecule has 0 radical (unpaired) electrons. The third-order valence-electron chi connectivity index (χ3n) is 3.47. The van der Waals surface area contributed by atoms with E-state index in [4.69, 9.17) is 0 Å². The van der Waals surface area contributed by atoms with Gasteiger partial charge in [-0.15, -0.1) is 0 Å². The van der Waals surface area contributed by atoms with E-state index in [9.17, 15) is 9.59 Å². The van der Waals surface area contributed by atoms with Gasteiger partial charge in [0.1, 0.15) is 0 Å². The first kappa shape index (κ1) is 11.3. The quantitative estimate of drug-likeness (QED) is 0.693. The molecule has 4 heteroatoms. The van der Waals surface area contributed by atoms with Crippen LogP contribution in [0.2, 0.25) is 0 Å². The van der Waals surface area contributed by atoms with Crippen LogP contribution in [0.4, 0.5) is 0 Å². The monoisotopic (exact) mass is 284 g/mol. The fraction of sp³-hybridized carbons (Fsp3) is 0.0667. The number of hydrogen-bond acceptors (Lipinski definition) is 4. The van der Waals surface area contributed by atoms with Gasteiger partial charge >= 0.3 is 0 Å². The van der Waals surface area contributed by atoms with Gasteiger partial charge in [0.05, 0.1) is 0 Å². The number of benzene rings is 2. The van der Waals surface area contributed by atoms with Crippen LogP contribution in [-0.4, -0.2) is 10.9 Å². The Morgan fingerprint density at radius 1 is 0.842 bits per heavy atom. The van der Waals surface area contributed by atoms with Crippen LogP contribution in [0.15, 0.2) is 58.3 Å². The summed E-state index contributed by atoms with van der Waals surface area (Å²) in [6, 6.07) is 15.0. The van der Waals surface area contributed by atoms with Crippen LogP contribution < -0.4 is 0 Å². The smallest absolute Gasteiger partial charge is 0.222 e. The third-order valence-corrected chi connectivity index (χ3v) is 6.14. The molecule has 2 nitrogen and oxygen atoms in total. The van der Waals surface area contributed by atoms with E-state index in [1.165, 1.54) is 23.5 Å². The second-order valence-corrected chi connectivity index (χ2v) is 6.77. The van der Waals surface area contributed by atoms with Crippen LogP contribution in [0.25, 0.3) is 0 Å². The molecule has 2 aromatic rings. The van der Waals surface area contributed by atoms with Gasteiger partial charge in [-0.3, -0.25) is 9.59 Å². The van der Waals surface area contributed by atoms with Crippen molar-refractivity contribution in [3.63, 3.8) is 0 Å². The molecule has 0 saturated heterocycles. The van der Waals surface area contributed by atoms with Crippen molar-refractivity contribution in [2.24, 2.45) is 0 Å². The Morgan fingerprint density at radius 3 is 2.32 bits per heavy atom. The number of hydrogen-bond donors (Lipinski definition) is 0. The first-order valence-electron chi connectivity index (χ1n) is 5.88. The average Bonchev–Trinajstić information content (AvgIpc) is 2.89. The average molecular weight is 284 g/mol. The molecule has 0 saturated carbocycles. The lowest BCUT2D eigenvalue weighted by atomic mass is 9.91. The summed E-state index contributed by atoms with van der Waals surface area (Å²) >= 11 is 2.57. The highest BCUT2D eigenvalue weighted by Gasteiger charge is 2.58. The van der Waals surface area contributed by atoms with E-state index in [0.717, 1.165) is 15.4 Å². The highest BCUT2D eigenvalue weighted by Crippen LogP contribution is 2.59. The van der Waals surface area contributed by atoms with Crippen LogP contribution in [0.3, 0.4) is 0 Å². The van der Waals surface area contributed by atoms with Crippen molar-refractivity contribution in [2.75, 3.05) is 0 Å². The summed E-state index contributed by atoms with van der Waals surface area (Å²) in [6.45, 7) is 0. The Hall–Kier alpha value is -1.52. The summed E-state index contributed by atoms with van der Waals surface area (Å²) in [5.74, 6) is -0.0736. The Morgan fingerprint density at radius 2 is 1.53 bits per heavy atom. The lowest BCUT2D eigenvalue weighted by Crippen LogP contribution is -2.32. The summed E-state index contributed by atoms with van der Waals surface area (Å²) in [6.07, 6.45) is 0. The molecule has 0 unspecified atom stereocenters. The molecule has 2 heterocycles. The molecule has 0 amide bonds. The fourth-order valence-electron chi connectivity index (χ4n) is 2.58. The zero-order chi connectivity index (χ0) is 13.0. The maximum Gasteiger partial charge on any atom is 0.222 e. The molecule has 0 fully saturated rings. The van der Waals surface area contributed by atoms with Crippen molar-refractivity contribution in [1.82, 2.24) is 0 Å². The molecular formula is C15H8O2S2. The Balaban J connectivity index is 1.99. The largest absolute Gasteiger partial charge is 0.292 e. The van der Waals surface area contributed by atoms with Crippen molar-refractivity contribution in [1.29, 1.82) is 0 Å². The van der Waals surface area contributed by atoms with Crippen LogP contribution in [-0.2, 0) is 9.54 Å². The summed E-state index contributed by atoms with van der Waals surface area (Å²) in [5, 5.41) is -0.0695. The summed E-state index contributed by atoms with van der Waals surface area (Å²) in [4.78, 5) is 27.0. The maximum absolute atomic E-state index is 12.7. The molecule has 1 spiro atoms. The van der Waals surface area contributed by atoms with E-state index >= 15 is 0 Å². The number of carbonyl (C=O) groups is 2. The van der Waals surface area contributed by atoms with Crippen LogP contribution >= 0.6 is 23.5 Å². The zero-order valence-electron chi connectivity index (χ0n) is 9.75. The molecule has 0 aliphatic carbocycles. The van der Waals surface area contributed by atoms with E-state index in [0.29, 0.717) is 5.56 Å². The second kappa shape index (κ2) is 3.74. The van der Waals surface area contributed by atoms with Gasteiger partial charge in [0.15, 0.2) is 10.5 Å². The SMILES string of the molecule is O=C1Sc2ccccc2[C@@]12Sc1ccccc1C2=O. The van der Waals surface area contributed by atoms with Gasteiger partial charge in [-0.05, 0) is 29.5 Å². The molecule has 2 aliphatic rings. The second-order valence-electron chi connectivity index (χ2n) is 4.49. The lowest BCUT2D eigenvalue weighted by molar-refractivity contribution is -0.111. The standard InChI is InChI=1S/C15H8O2S2/c16-13-9-5-1-3-7-11(9)19-15(13)10-6-2-4-8-12(10)18-14(15)17/h1-8H/t15-/m0/s1. The van der Waals surface area contributed by atoms with Gasteiger partial charge in [-0.2, -0.15) is 0 Å². The van der Waals surface area contributed by atoms with E-state index < -0.39 is 4.75 Å². The van der Waals surface area contributed by atoms with Crippen LogP contribution in [0, 0.1) is 0 Å². The summed E-state index contributed by atoms with van der Waals surface area (Å²) in [7, 11) is 0. The van der Waals surface area contributed by atoms with Gasteiger partial charge < -0.3 is 0 Å². The van der Waals surface area contributed by atoms with E-state index in [1.807, 2.05) is 42.5 Å². The molecule has 19 heavy (non-hydrogen) atoms. The molecular weight excluding hydrogens is 276 g/mol. The molecule has 92 valence electrons. The van der Waals surface area contributed by atoms with Gasteiger partial charge in [-0.1, -0.05) is 48.2 Å². The predicted octanol–water partition coefficient (Wildman–Crippen LogP) is 3.50. The number of carbonyl (C=O) groups excluding carboxylic acids is 2. The van der Waals surface area contributed by atoms with Gasteiger partial charge in [0, 0.05) is 15.4 Å². The molecule has 1 atom stereocenters. The third kappa shape index (κ3) is 1.30. The minimum atomic E-state index is -1.05. The van der Waals surface area contributed by atoms with Crippen molar-refractivity contribution >= 4 is 34.4 Å². The van der Waals surface area contributed by atoms with Crippen molar-refractivity contribution in [3.8, 4) is 0 Å². The molecule has 2 aliphatic heterocycles. The van der Waals surface area contributed by atoms with Crippen molar-refractivity contribution in [3.05, 3.63) is 59.7 Å². The van der Waals surface area contributed by atoms with Crippen molar-refractivity contribution < 1.29 is 9.59 Å². The number of ketones is 1. The van der Waals surface area contributed by atoms with Gasteiger partial charge in [-0.25, -0.2) is 0 Å². The number of rotatable bonds is 0. The maximum atomic E-state index is 12.7. The summed E-state index contributed by atoms with van der Waals surface area (Å²) in [5.41, 5.74) is 1.51. The molecule has 0 bridgehead atoms. The first-order valence-corrected chi connectivity index (χ1v) is 7.51. The number of Topliss-reactive ketones (excluding diaryl/α,β-unsaturated/α-hetero) is 1. The minimum Gasteiger partial charge on any atom is -0.292 e. The lowest BCUT2D eigenvalue weighted by Gasteiger charge is -2.18. The Bertz CT molecular complexity index is 738. The molecule has 4 rings (SSSR count). The van der Waals surface area contributed by atoms with E-state index in [-0.39, 0.29) is 10.9 Å². The normalized spacial score (nSPS) is 23.8. The highest BCUT2D eigenvalue weighted by molar-refractivity contribution is 8.17. The zero-order valence-corrected chi connectivity index (χ0v) is 11.4. The Labute approximate surface area is 118 Å². The minimum absolute atomic E-state index is 0.0695. The molecule has 0 aromatic heterocycles. The topological polar surface area (TPSA) is 34.1 Å². The first-order chi connectivity index (χ1) is 9.23. The number of fused-ring (bicyclic) bond motifs is 3. The molecule has 0 N–H and O–H groups in total. The highest BCUT2D eigenvalue weighted by atomic mass is 32.2. The van der Waals surface area contributed by atoms with E-state index in [1.54, 1.807) is 6.07 Å². The molecule has 2 aromatic carbocycles. The van der Waals surface area contributed by atoms with E-state index in [2.05, 4.69) is 0 Å². The van der Waals surface area contributed by atoms with Gasteiger partial charge in [0.25, 0.3) is 0 Å². The Kier molecular flexibility index (Phi) is 2.23. The van der Waals surface area contributed by atoms with Gasteiger partial charge in [0.2, 0.25) is 5.12 Å². The van der Waals surface area contributed by atoms with Crippen molar-refractivity contribution in [2.45, 2.75) is 14.5 Å². The predicted molar refractivity (Wildman–Crippen MR) is 75.6 cm³/mol. The van der Waals surface area contributed by atoms with Crippen LogP contribution in [0.1, 0.15) is 15.9 Å².